The molecule has 1 aromatic heterocycles. The normalized spacial score (nSPS) is 13.4. The van der Waals surface area contributed by atoms with Gasteiger partial charge < -0.3 is 19.3 Å². The van der Waals surface area contributed by atoms with Crippen LogP contribution in [0.1, 0.15) is 38.8 Å². The van der Waals surface area contributed by atoms with E-state index in [0.29, 0.717) is 61.4 Å². The number of carbonyl (C=O) groups excluding carboxylic acids is 3. The molecule has 0 spiro atoms. The highest BCUT2D eigenvalue weighted by molar-refractivity contribution is 8.00. The van der Waals surface area contributed by atoms with E-state index in [1.165, 1.54) is 11.3 Å². The van der Waals surface area contributed by atoms with Crippen LogP contribution in [-0.4, -0.2) is 104 Å². The number of hydrogen-bond acceptors (Lipinski definition) is 9. The number of nitrogens with zero attached hydrogens (tertiary/aromatic N) is 4. The summed E-state index contributed by atoms with van der Waals surface area (Å²) in [5, 5.41) is 3.44. The molecule has 1 aliphatic heterocycles. The number of benzene rings is 2. The lowest BCUT2D eigenvalue weighted by Gasteiger charge is -2.34. The van der Waals surface area contributed by atoms with Crippen LogP contribution in [0, 0.1) is 0 Å². The zero-order valence-electron chi connectivity index (χ0n) is 24.9. The fraction of sp³-hybridized carbons (Fsp3) is 0.419. The molecule has 0 atom stereocenters. The second kappa shape index (κ2) is 16.5. The molecule has 43 heavy (non-hydrogen) atoms. The van der Waals surface area contributed by atoms with Crippen LogP contribution in [0.3, 0.4) is 0 Å². The number of piperazine rings is 1. The molecular formula is C31H39N5O5S2. The van der Waals surface area contributed by atoms with Crippen molar-refractivity contribution >= 4 is 46.0 Å². The molecule has 0 bridgehead atoms. The Kier molecular flexibility index (Phi) is 12.5. The summed E-state index contributed by atoms with van der Waals surface area (Å²) in [6.07, 6.45) is 1.76. The molecule has 12 heteroatoms. The number of methoxy groups -OCH3 is 2. The molecule has 1 N–H and O–H groups in total. The number of carbonyl (C=O) groups is 3. The van der Waals surface area contributed by atoms with Gasteiger partial charge in [-0.2, -0.15) is 0 Å². The monoisotopic (exact) mass is 625 g/mol. The van der Waals surface area contributed by atoms with Gasteiger partial charge in [0.1, 0.15) is 0 Å². The van der Waals surface area contributed by atoms with E-state index >= 15 is 0 Å². The van der Waals surface area contributed by atoms with Crippen molar-refractivity contribution in [1.82, 2.24) is 19.7 Å². The van der Waals surface area contributed by atoms with Crippen LogP contribution in [0.25, 0.3) is 0 Å². The smallest absolute Gasteiger partial charge is 0.257 e. The fourth-order valence-electron chi connectivity index (χ4n) is 4.64. The summed E-state index contributed by atoms with van der Waals surface area (Å²) in [4.78, 5) is 47.7. The van der Waals surface area contributed by atoms with E-state index in [4.69, 9.17) is 9.47 Å². The first kappa shape index (κ1) is 32.6. The Morgan fingerprint density at radius 2 is 1.60 bits per heavy atom. The maximum Gasteiger partial charge on any atom is 0.257 e. The Labute approximate surface area is 261 Å². The van der Waals surface area contributed by atoms with Gasteiger partial charge in [0.25, 0.3) is 11.8 Å². The van der Waals surface area contributed by atoms with Crippen molar-refractivity contribution in [3.05, 3.63) is 77.0 Å². The van der Waals surface area contributed by atoms with E-state index < -0.39 is 0 Å². The highest BCUT2D eigenvalue weighted by Crippen LogP contribution is 2.31. The summed E-state index contributed by atoms with van der Waals surface area (Å²) in [6.45, 7) is 7.41. The molecule has 3 amide bonds. The lowest BCUT2D eigenvalue weighted by Crippen LogP contribution is -2.50. The second-order valence-electron chi connectivity index (χ2n) is 10.2. The van der Waals surface area contributed by atoms with Crippen molar-refractivity contribution in [3.8, 4) is 0 Å². The highest BCUT2D eigenvalue weighted by atomic mass is 32.2. The molecule has 1 saturated heterocycles. The van der Waals surface area contributed by atoms with Crippen molar-refractivity contribution < 1.29 is 23.9 Å². The Hall–Kier alpha value is -3.29. The summed E-state index contributed by atoms with van der Waals surface area (Å²) < 4.78 is 11.4. The van der Waals surface area contributed by atoms with E-state index in [1.807, 2.05) is 48.5 Å². The summed E-state index contributed by atoms with van der Waals surface area (Å²) in [7, 11) is 3.38. The number of rotatable bonds is 14. The third kappa shape index (κ3) is 9.87. The lowest BCUT2D eigenvalue weighted by atomic mass is 10.1. The number of ether oxygens (including phenoxy) is 2. The van der Waals surface area contributed by atoms with Crippen molar-refractivity contribution in [2.45, 2.75) is 23.4 Å². The standard InChI is InChI=1S/C31H39N5O5S2/c1-23(37)35-11-13-36(14-12-35)30(39)27-6-4-5-25(19-27)22-42-28-20-32-31(43-28)33-29(38)26-9-7-24(8-10-26)21-34(15-17-40-2)16-18-41-3/h4-10,19-20H,11-18,21-22H2,1-3H3,(H,32,33,38). The Morgan fingerprint density at radius 1 is 0.930 bits per heavy atom. The first-order valence-electron chi connectivity index (χ1n) is 14.2. The van der Waals surface area contributed by atoms with Crippen LogP contribution in [-0.2, 0) is 26.6 Å². The van der Waals surface area contributed by atoms with E-state index in [0.717, 1.165) is 35.0 Å². The van der Waals surface area contributed by atoms with Gasteiger partial charge >= 0.3 is 0 Å². The first-order valence-corrected chi connectivity index (χ1v) is 16.0. The molecule has 10 nitrogen and oxygen atoms in total. The SMILES string of the molecule is COCCN(CCOC)Cc1ccc(C(=O)Nc2ncc(SCc3cccc(C(=O)N4CCN(C(C)=O)CC4)c3)s2)cc1. The molecule has 4 rings (SSSR count). The van der Waals surface area contributed by atoms with E-state index in [1.54, 1.807) is 48.9 Å². The van der Waals surface area contributed by atoms with Crippen molar-refractivity contribution in [1.29, 1.82) is 0 Å². The van der Waals surface area contributed by atoms with Crippen LogP contribution >= 0.6 is 23.1 Å². The Balaban J connectivity index is 1.26. The molecule has 0 saturated carbocycles. The van der Waals surface area contributed by atoms with E-state index in [2.05, 4.69) is 15.2 Å². The van der Waals surface area contributed by atoms with Crippen LogP contribution in [0.2, 0.25) is 0 Å². The molecular weight excluding hydrogens is 587 g/mol. The maximum atomic E-state index is 13.0. The average molecular weight is 626 g/mol. The number of thioether (sulfide) groups is 1. The zero-order chi connectivity index (χ0) is 30.6. The third-order valence-electron chi connectivity index (χ3n) is 7.12. The van der Waals surface area contributed by atoms with Crippen molar-refractivity contribution in [3.63, 3.8) is 0 Å². The molecule has 2 aromatic carbocycles. The Bertz CT molecular complexity index is 1350. The zero-order valence-corrected chi connectivity index (χ0v) is 26.5. The van der Waals surface area contributed by atoms with Crippen molar-refractivity contribution in [2.75, 3.05) is 72.0 Å². The molecule has 3 aromatic rings. The van der Waals surface area contributed by atoms with Gasteiger partial charge in [0.2, 0.25) is 5.91 Å². The van der Waals surface area contributed by atoms with Gasteiger partial charge in [-0.1, -0.05) is 35.6 Å². The minimum Gasteiger partial charge on any atom is -0.383 e. The van der Waals surface area contributed by atoms with E-state index in [-0.39, 0.29) is 17.7 Å². The number of nitrogens with one attached hydrogen (secondary N) is 1. The summed E-state index contributed by atoms with van der Waals surface area (Å²) >= 11 is 3.03. The van der Waals surface area contributed by atoms with Gasteiger partial charge in [-0.25, -0.2) is 4.98 Å². The van der Waals surface area contributed by atoms with Gasteiger partial charge in [0.05, 0.1) is 23.6 Å². The molecule has 1 fully saturated rings. The molecule has 0 unspecified atom stereocenters. The minimum atomic E-state index is -0.205. The lowest BCUT2D eigenvalue weighted by molar-refractivity contribution is -0.130. The van der Waals surface area contributed by atoms with Crippen LogP contribution in [0.5, 0.6) is 0 Å². The van der Waals surface area contributed by atoms with Gasteiger partial charge in [0, 0.05) is 83.8 Å². The molecule has 230 valence electrons. The molecule has 0 aliphatic carbocycles. The minimum absolute atomic E-state index is 0.0135. The maximum absolute atomic E-state index is 13.0. The Morgan fingerprint density at radius 3 is 2.26 bits per heavy atom. The molecule has 1 aliphatic rings. The van der Waals surface area contributed by atoms with Gasteiger partial charge in [-0.15, -0.1) is 11.8 Å². The predicted octanol–water partition coefficient (Wildman–Crippen LogP) is 4.09. The predicted molar refractivity (Wildman–Crippen MR) is 170 cm³/mol. The second-order valence-corrected chi connectivity index (χ2v) is 12.5. The molecule has 0 radical (unpaired) electrons. The average Bonchev–Trinajstić information content (AvgIpc) is 3.48. The summed E-state index contributed by atoms with van der Waals surface area (Å²) in [5.41, 5.74) is 3.35. The number of hydrogen-bond donors (Lipinski definition) is 1. The quantitative estimate of drug-likeness (QED) is 0.267. The third-order valence-corrected chi connectivity index (χ3v) is 9.30. The number of amides is 3. The van der Waals surface area contributed by atoms with Gasteiger partial charge in [-0.3, -0.25) is 24.6 Å². The first-order chi connectivity index (χ1) is 20.9. The summed E-state index contributed by atoms with van der Waals surface area (Å²) in [6, 6.07) is 15.3. The van der Waals surface area contributed by atoms with Crippen molar-refractivity contribution in [2.24, 2.45) is 0 Å². The number of thiazole rings is 1. The van der Waals surface area contributed by atoms with Crippen LogP contribution < -0.4 is 5.32 Å². The highest BCUT2D eigenvalue weighted by Gasteiger charge is 2.23. The summed E-state index contributed by atoms with van der Waals surface area (Å²) in [5.74, 6) is 0.493. The molecule has 2 heterocycles. The largest absolute Gasteiger partial charge is 0.383 e. The van der Waals surface area contributed by atoms with Crippen LogP contribution in [0.4, 0.5) is 5.13 Å². The van der Waals surface area contributed by atoms with Crippen LogP contribution in [0.15, 0.2) is 58.9 Å². The topological polar surface area (TPSA) is 104 Å². The number of aromatic nitrogens is 1. The van der Waals surface area contributed by atoms with Gasteiger partial charge in [0.15, 0.2) is 5.13 Å². The fourth-order valence-corrected chi connectivity index (χ4v) is 6.45. The number of anilines is 1. The van der Waals surface area contributed by atoms with E-state index in [9.17, 15) is 14.4 Å². The van der Waals surface area contributed by atoms with Gasteiger partial charge in [-0.05, 0) is 35.4 Å².